The van der Waals surface area contributed by atoms with Crippen LogP contribution in [-0.2, 0) is 0 Å². The van der Waals surface area contributed by atoms with Gasteiger partial charge in [0.15, 0.2) is 0 Å². The Bertz CT molecular complexity index is 318. The van der Waals surface area contributed by atoms with E-state index in [1.807, 2.05) is 0 Å². The molecule has 0 aromatic carbocycles. The van der Waals surface area contributed by atoms with E-state index < -0.39 is 0 Å². The van der Waals surface area contributed by atoms with Crippen molar-refractivity contribution in [2.75, 3.05) is 13.1 Å². The zero-order valence-corrected chi connectivity index (χ0v) is 12.6. The summed E-state index contributed by atoms with van der Waals surface area (Å²) in [6.45, 7) is 6.62. The predicted molar refractivity (Wildman–Crippen MR) is 78.9 cm³/mol. The molecule has 0 spiro atoms. The minimum absolute atomic E-state index is 0.250. The Morgan fingerprint density at radius 2 is 2.00 bits per heavy atom. The van der Waals surface area contributed by atoms with Crippen LogP contribution in [0.4, 0.5) is 0 Å². The third kappa shape index (κ3) is 3.70. The minimum atomic E-state index is -0.250. The molecule has 2 fully saturated rings. The van der Waals surface area contributed by atoms with Crippen molar-refractivity contribution in [3.63, 3.8) is 0 Å². The number of nitrogens with zero attached hydrogens (tertiary/aromatic N) is 2. The highest BCUT2D eigenvalue weighted by Crippen LogP contribution is 2.37. The average molecular weight is 263 g/mol. The fraction of sp³-hybridized carbons (Fsp3) is 0.938. The Morgan fingerprint density at radius 3 is 2.58 bits per heavy atom. The fourth-order valence-electron chi connectivity index (χ4n) is 3.52. The van der Waals surface area contributed by atoms with Crippen LogP contribution in [0.15, 0.2) is 0 Å². The van der Waals surface area contributed by atoms with E-state index in [4.69, 9.17) is 0 Å². The van der Waals surface area contributed by atoms with Crippen LogP contribution in [0.1, 0.15) is 65.2 Å². The molecule has 0 aromatic rings. The Labute approximate surface area is 118 Å². The smallest absolute Gasteiger partial charge is 0.108 e. The van der Waals surface area contributed by atoms with Crippen LogP contribution in [0.2, 0.25) is 0 Å². The largest absolute Gasteiger partial charge is 0.299 e. The molecule has 2 unspecified atom stereocenters. The standard InChI is InChI=1S/C16H29N3/c1-3-10-18-16(13-17)9-5-6-15(12-16)19(11-4-2)14-7-8-14/h14-15,18H,3-12H2,1-2H3. The normalized spacial score (nSPS) is 31.4. The predicted octanol–water partition coefficient (Wildman–Crippen LogP) is 3.07. The quantitative estimate of drug-likeness (QED) is 0.767. The van der Waals surface area contributed by atoms with E-state index in [9.17, 15) is 5.26 Å². The van der Waals surface area contributed by atoms with Gasteiger partial charge in [-0.05, 0) is 64.5 Å². The van der Waals surface area contributed by atoms with Crippen molar-refractivity contribution < 1.29 is 0 Å². The van der Waals surface area contributed by atoms with Gasteiger partial charge in [-0.1, -0.05) is 13.8 Å². The van der Waals surface area contributed by atoms with Crippen LogP contribution in [0.5, 0.6) is 0 Å². The van der Waals surface area contributed by atoms with Crippen molar-refractivity contribution in [2.24, 2.45) is 0 Å². The number of hydrogen-bond acceptors (Lipinski definition) is 3. The average Bonchev–Trinajstić information content (AvgIpc) is 3.27. The van der Waals surface area contributed by atoms with Gasteiger partial charge < -0.3 is 0 Å². The van der Waals surface area contributed by atoms with Crippen LogP contribution in [-0.4, -0.2) is 35.6 Å². The first-order valence-electron chi connectivity index (χ1n) is 8.16. The second kappa shape index (κ2) is 6.72. The lowest BCUT2D eigenvalue weighted by Gasteiger charge is -2.42. The van der Waals surface area contributed by atoms with Gasteiger partial charge in [-0.25, -0.2) is 0 Å². The molecule has 2 atom stereocenters. The van der Waals surface area contributed by atoms with Gasteiger partial charge in [0, 0.05) is 12.1 Å². The summed E-state index contributed by atoms with van der Waals surface area (Å²) >= 11 is 0. The molecule has 3 nitrogen and oxygen atoms in total. The molecule has 3 heteroatoms. The molecule has 0 saturated heterocycles. The Kier molecular flexibility index (Phi) is 5.24. The number of rotatable bonds is 7. The third-order valence-electron chi connectivity index (χ3n) is 4.62. The molecule has 2 aliphatic rings. The van der Waals surface area contributed by atoms with E-state index in [2.05, 4.69) is 30.1 Å². The van der Waals surface area contributed by atoms with E-state index in [0.29, 0.717) is 6.04 Å². The summed E-state index contributed by atoms with van der Waals surface area (Å²) in [5.74, 6) is 0. The first-order chi connectivity index (χ1) is 9.24. The van der Waals surface area contributed by atoms with Crippen molar-refractivity contribution in [1.29, 1.82) is 5.26 Å². The summed E-state index contributed by atoms with van der Waals surface area (Å²) in [6.07, 6.45) is 9.63. The molecule has 2 saturated carbocycles. The molecular weight excluding hydrogens is 234 g/mol. The van der Waals surface area contributed by atoms with Gasteiger partial charge in [-0.2, -0.15) is 5.26 Å². The molecule has 19 heavy (non-hydrogen) atoms. The van der Waals surface area contributed by atoms with Crippen molar-refractivity contribution in [1.82, 2.24) is 10.2 Å². The molecule has 0 heterocycles. The zero-order chi connectivity index (χ0) is 13.7. The second-order valence-corrected chi connectivity index (χ2v) is 6.34. The molecule has 0 aromatic heterocycles. The summed E-state index contributed by atoms with van der Waals surface area (Å²) < 4.78 is 0. The summed E-state index contributed by atoms with van der Waals surface area (Å²) in [6, 6.07) is 4.06. The molecule has 1 N–H and O–H groups in total. The van der Waals surface area contributed by atoms with Gasteiger partial charge >= 0.3 is 0 Å². The Hall–Kier alpha value is -0.590. The number of nitriles is 1. The van der Waals surface area contributed by atoms with E-state index in [-0.39, 0.29) is 5.54 Å². The maximum absolute atomic E-state index is 9.62. The highest BCUT2D eigenvalue weighted by Gasteiger charge is 2.41. The molecule has 0 bridgehead atoms. The Morgan fingerprint density at radius 1 is 1.21 bits per heavy atom. The van der Waals surface area contributed by atoms with Gasteiger partial charge in [0.25, 0.3) is 0 Å². The maximum Gasteiger partial charge on any atom is 0.108 e. The number of nitrogens with one attached hydrogen (secondary N) is 1. The molecule has 0 aliphatic heterocycles. The lowest BCUT2D eigenvalue weighted by Crippen LogP contribution is -2.53. The summed E-state index contributed by atoms with van der Waals surface area (Å²) in [4.78, 5) is 2.71. The van der Waals surface area contributed by atoms with E-state index in [1.165, 1.54) is 38.6 Å². The SMILES string of the molecule is CCCNC1(C#N)CCCC(N(CCC)C2CC2)C1. The fourth-order valence-corrected chi connectivity index (χ4v) is 3.52. The molecular formula is C16H29N3. The maximum atomic E-state index is 9.62. The van der Waals surface area contributed by atoms with E-state index in [0.717, 1.165) is 31.8 Å². The summed E-state index contributed by atoms with van der Waals surface area (Å²) in [7, 11) is 0. The molecule has 0 radical (unpaired) electrons. The van der Waals surface area contributed by atoms with Crippen molar-refractivity contribution in [3.05, 3.63) is 0 Å². The van der Waals surface area contributed by atoms with Gasteiger partial charge in [-0.15, -0.1) is 0 Å². The van der Waals surface area contributed by atoms with Gasteiger partial charge in [0.1, 0.15) is 5.54 Å². The van der Waals surface area contributed by atoms with Crippen molar-refractivity contribution >= 4 is 0 Å². The van der Waals surface area contributed by atoms with Crippen molar-refractivity contribution in [3.8, 4) is 6.07 Å². The van der Waals surface area contributed by atoms with Crippen molar-refractivity contribution in [2.45, 2.75) is 82.8 Å². The minimum Gasteiger partial charge on any atom is -0.299 e. The second-order valence-electron chi connectivity index (χ2n) is 6.34. The summed E-state index contributed by atoms with van der Waals surface area (Å²) in [5, 5.41) is 13.2. The van der Waals surface area contributed by atoms with Crippen LogP contribution in [0, 0.1) is 11.3 Å². The highest BCUT2D eigenvalue weighted by atomic mass is 15.2. The van der Waals surface area contributed by atoms with Gasteiger partial charge in [0.05, 0.1) is 6.07 Å². The molecule has 2 aliphatic carbocycles. The molecule has 108 valence electrons. The third-order valence-corrected chi connectivity index (χ3v) is 4.62. The van der Waals surface area contributed by atoms with Gasteiger partial charge in [-0.3, -0.25) is 10.2 Å². The first kappa shape index (κ1) is 14.8. The molecule has 2 rings (SSSR count). The van der Waals surface area contributed by atoms with Crippen LogP contribution in [0.25, 0.3) is 0 Å². The number of hydrogen-bond donors (Lipinski definition) is 1. The topological polar surface area (TPSA) is 39.1 Å². The van der Waals surface area contributed by atoms with Gasteiger partial charge in [0.2, 0.25) is 0 Å². The van der Waals surface area contributed by atoms with E-state index in [1.54, 1.807) is 0 Å². The monoisotopic (exact) mass is 263 g/mol. The lowest BCUT2D eigenvalue weighted by atomic mass is 9.79. The molecule has 0 amide bonds. The van der Waals surface area contributed by atoms with Crippen LogP contribution in [0.3, 0.4) is 0 Å². The van der Waals surface area contributed by atoms with Crippen LogP contribution < -0.4 is 5.32 Å². The highest BCUT2D eigenvalue weighted by molar-refractivity contribution is 5.11. The zero-order valence-electron chi connectivity index (χ0n) is 12.6. The van der Waals surface area contributed by atoms with Crippen LogP contribution >= 0.6 is 0 Å². The lowest BCUT2D eigenvalue weighted by molar-refractivity contribution is 0.112. The Balaban J connectivity index is 1.99. The summed E-state index contributed by atoms with van der Waals surface area (Å²) in [5.41, 5.74) is -0.250. The first-order valence-corrected chi connectivity index (χ1v) is 8.16. The van der Waals surface area contributed by atoms with E-state index >= 15 is 0 Å².